The van der Waals surface area contributed by atoms with Gasteiger partial charge in [0.05, 0.1) is 12.7 Å². The molecule has 0 aliphatic heterocycles. The van der Waals surface area contributed by atoms with Crippen LogP contribution in [0, 0.1) is 0 Å². The smallest absolute Gasteiger partial charge is 0.0900 e. The number of benzene rings is 1. The second-order valence-corrected chi connectivity index (χ2v) is 5.12. The van der Waals surface area contributed by atoms with Crippen LogP contribution >= 0.6 is 0 Å². The standard InChI is InChI=1S/C16H29N3O2/c1-3-19(4-2)12-16(20)13-21-11-5-10-18-15-8-6-14(17)7-9-15/h6-9,16,18,20H,3-5,10-13,17H2,1-2H3. The van der Waals surface area contributed by atoms with Gasteiger partial charge in [0.15, 0.2) is 0 Å². The van der Waals surface area contributed by atoms with Gasteiger partial charge in [0.2, 0.25) is 0 Å². The molecule has 5 heteroatoms. The van der Waals surface area contributed by atoms with Crippen molar-refractivity contribution in [1.29, 1.82) is 0 Å². The molecule has 1 unspecified atom stereocenters. The summed E-state index contributed by atoms with van der Waals surface area (Å²) in [6.07, 6.45) is 0.498. The predicted octanol–water partition coefficient (Wildman–Crippen LogP) is 1.79. The molecule has 1 rings (SSSR count). The van der Waals surface area contributed by atoms with E-state index in [1.807, 2.05) is 24.3 Å². The molecular weight excluding hydrogens is 266 g/mol. The Morgan fingerprint density at radius 1 is 1.24 bits per heavy atom. The fourth-order valence-corrected chi connectivity index (χ4v) is 2.06. The molecule has 0 heterocycles. The minimum Gasteiger partial charge on any atom is -0.399 e. The normalized spacial score (nSPS) is 12.6. The van der Waals surface area contributed by atoms with Gasteiger partial charge in [0, 0.05) is 31.1 Å². The van der Waals surface area contributed by atoms with Crippen molar-refractivity contribution in [2.75, 3.05) is 50.4 Å². The Bertz CT molecular complexity index is 366. The van der Waals surface area contributed by atoms with Gasteiger partial charge in [-0.3, -0.25) is 0 Å². The summed E-state index contributed by atoms with van der Waals surface area (Å²) in [6, 6.07) is 7.68. The average Bonchev–Trinajstić information content (AvgIpc) is 2.50. The molecule has 1 atom stereocenters. The highest BCUT2D eigenvalue weighted by Crippen LogP contribution is 2.10. The highest BCUT2D eigenvalue weighted by Gasteiger charge is 2.08. The minimum atomic E-state index is -0.407. The minimum absolute atomic E-state index is 0.401. The maximum absolute atomic E-state index is 9.85. The van der Waals surface area contributed by atoms with Crippen LogP contribution in [0.25, 0.3) is 0 Å². The van der Waals surface area contributed by atoms with Crippen molar-refractivity contribution in [2.45, 2.75) is 26.4 Å². The molecule has 0 spiro atoms. The lowest BCUT2D eigenvalue weighted by molar-refractivity contribution is 0.0183. The van der Waals surface area contributed by atoms with Crippen molar-refractivity contribution in [3.63, 3.8) is 0 Å². The number of anilines is 2. The van der Waals surface area contributed by atoms with Crippen molar-refractivity contribution >= 4 is 11.4 Å². The van der Waals surface area contributed by atoms with E-state index in [1.165, 1.54) is 0 Å². The van der Waals surface area contributed by atoms with E-state index in [0.29, 0.717) is 19.8 Å². The van der Waals surface area contributed by atoms with Gasteiger partial charge >= 0.3 is 0 Å². The number of ether oxygens (including phenoxy) is 1. The van der Waals surface area contributed by atoms with Crippen LogP contribution in [0.2, 0.25) is 0 Å². The van der Waals surface area contributed by atoms with E-state index >= 15 is 0 Å². The number of hydrogen-bond donors (Lipinski definition) is 3. The number of rotatable bonds is 11. The molecule has 0 saturated heterocycles. The lowest BCUT2D eigenvalue weighted by atomic mass is 10.3. The van der Waals surface area contributed by atoms with Crippen molar-refractivity contribution < 1.29 is 9.84 Å². The highest BCUT2D eigenvalue weighted by atomic mass is 16.5. The molecule has 1 aromatic carbocycles. The van der Waals surface area contributed by atoms with Gasteiger partial charge in [-0.15, -0.1) is 0 Å². The van der Waals surface area contributed by atoms with Gasteiger partial charge in [0.25, 0.3) is 0 Å². The van der Waals surface area contributed by atoms with E-state index < -0.39 is 6.10 Å². The fourth-order valence-electron chi connectivity index (χ4n) is 2.06. The number of likely N-dealkylation sites (N-methyl/N-ethyl adjacent to an activating group) is 1. The van der Waals surface area contributed by atoms with Crippen LogP contribution in [0.1, 0.15) is 20.3 Å². The number of nitrogens with two attached hydrogens (primary N) is 1. The van der Waals surface area contributed by atoms with Gasteiger partial charge in [-0.1, -0.05) is 13.8 Å². The van der Waals surface area contributed by atoms with E-state index in [4.69, 9.17) is 10.5 Å². The van der Waals surface area contributed by atoms with Crippen molar-refractivity contribution in [2.24, 2.45) is 0 Å². The monoisotopic (exact) mass is 295 g/mol. The summed E-state index contributed by atoms with van der Waals surface area (Å²) in [4.78, 5) is 2.19. The van der Waals surface area contributed by atoms with Crippen molar-refractivity contribution in [1.82, 2.24) is 4.90 Å². The first-order chi connectivity index (χ1) is 10.2. The predicted molar refractivity (Wildman–Crippen MR) is 88.6 cm³/mol. The molecule has 0 aliphatic carbocycles. The SMILES string of the molecule is CCN(CC)CC(O)COCCCNc1ccc(N)cc1. The van der Waals surface area contributed by atoms with Gasteiger partial charge in [-0.05, 0) is 43.8 Å². The van der Waals surface area contributed by atoms with E-state index in [2.05, 4.69) is 24.1 Å². The van der Waals surface area contributed by atoms with Crippen LogP contribution in [0.4, 0.5) is 11.4 Å². The Morgan fingerprint density at radius 3 is 2.52 bits per heavy atom. The van der Waals surface area contributed by atoms with E-state index in [0.717, 1.165) is 37.4 Å². The molecule has 0 amide bonds. The second kappa shape index (κ2) is 10.4. The summed E-state index contributed by atoms with van der Waals surface area (Å²) in [7, 11) is 0. The molecule has 4 N–H and O–H groups in total. The lowest BCUT2D eigenvalue weighted by Gasteiger charge is -2.21. The molecule has 0 fully saturated rings. The Balaban J connectivity index is 2.02. The van der Waals surface area contributed by atoms with E-state index in [-0.39, 0.29) is 0 Å². The zero-order valence-corrected chi connectivity index (χ0v) is 13.2. The van der Waals surface area contributed by atoms with Crippen LogP contribution in [0.3, 0.4) is 0 Å². The molecular formula is C16H29N3O2. The molecule has 1 aromatic rings. The molecule has 21 heavy (non-hydrogen) atoms. The Morgan fingerprint density at radius 2 is 1.90 bits per heavy atom. The zero-order chi connectivity index (χ0) is 15.5. The van der Waals surface area contributed by atoms with Crippen LogP contribution in [0.5, 0.6) is 0 Å². The van der Waals surface area contributed by atoms with Crippen molar-refractivity contribution in [3.8, 4) is 0 Å². The number of nitrogen functional groups attached to an aromatic ring is 1. The van der Waals surface area contributed by atoms with Crippen LogP contribution < -0.4 is 11.1 Å². The summed E-state index contributed by atoms with van der Waals surface area (Å²) in [5.41, 5.74) is 7.46. The molecule has 0 bridgehead atoms. The summed E-state index contributed by atoms with van der Waals surface area (Å²) < 4.78 is 5.51. The van der Waals surface area contributed by atoms with Crippen molar-refractivity contribution in [3.05, 3.63) is 24.3 Å². The van der Waals surface area contributed by atoms with Gasteiger partial charge in [0.1, 0.15) is 0 Å². The highest BCUT2D eigenvalue weighted by molar-refractivity contribution is 5.51. The van der Waals surface area contributed by atoms with E-state index in [9.17, 15) is 5.11 Å². The van der Waals surface area contributed by atoms with Crippen LogP contribution in [-0.2, 0) is 4.74 Å². The number of nitrogens with zero attached hydrogens (tertiary/aromatic N) is 1. The first-order valence-corrected chi connectivity index (χ1v) is 7.73. The number of aliphatic hydroxyl groups is 1. The summed E-state index contributed by atoms with van der Waals surface area (Å²) in [5.74, 6) is 0. The first-order valence-electron chi connectivity index (χ1n) is 7.73. The maximum atomic E-state index is 9.85. The maximum Gasteiger partial charge on any atom is 0.0900 e. The lowest BCUT2D eigenvalue weighted by Crippen LogP contribution is -2.34. The molecule has 0 aromatic heterocycles. The Labute approximate surface area is 128 Å². The molecule has 120 valence electrons. The first kappa shape index (κ1) is 17.8. The number of aliphatic hydroxyl groups excluding tert-OH is 1. The molecule has 0 aliphatic rings. The molecule has 5 nitrogen and oxygen atoms in total. The quantitative estimate of drug-likeness (QED) is 0.429. The third-order valence-corrected chi connectivity index (χ3v) is 3.38. The van der Waals surface area contributed by atoms with Gasteiger partial charge < -0.3 is 25.8 Å². The fraction of sp³-hybridized carbons (Fsp3) is 0.625. The summed E-state index contributed by atoms with van der Waals surface area (Å²) in [6.45, 7) is 8.68. The topological polar surface area (TPSA) is 70.8 Å². The molecule has 0 radical (unpaired) electrons. The molecule has 0 saturated carbocycles. The Hall–Kier alpha value is -1.30. The summed E-state index contributed by atoms with van der Waals surface area (Å²) in [5, 5.41) is 13.2. The number of hydrogen-bond acceptors (Lipinski definition) is 5. The zero-order valence-electron chi connectivity index (χ0n) is 13.2. The van der Waals surface area contributed by atoms with E-state index in [1.54, 1.807) is 0 Å². The van der Waals surface area contributed by atoms with Crippen LogP contribution in [-0.4, -0.2) is 55.5 Å². The second-order valence-electron chi connectivity index (χ2n) is 5.12. The average molecular weight is 295 g/mol. The van der Waals surface area contributed by atoms with Gasteiger partial charge in [-0.2, -0.15) is 0 Å². The van der Waals surface area contributed by atoms with Gasteiger partial charge in [-0.25, -0.2) is 0 Å². The third-order valence-electron chi connectivity index (χ3n) is 3.38. The summed E-state index contributed by atoms with van der Waals surface area (Å²) >= 11 is 0. The number of nitrogens with one attached hydrogen (secondary N) is 1. The largest absolute Gasteiger partial charge is 0.399 e. The third kappa shape index (κ3) is 7.90. The Kier molecular flexibility index (Phi) is 8.82. The van der Waals surface area contributed by atoms with Crippen LogP contribution in [0.15, 0.2) is 24.3 Å².